The lowest BCUT2D eigenvalue weighted by Crippen LogP contribution is -3.13. The molecular formula is C20H30N3O2+. The first-order valence-corrected chi connectivity index (χ1v) is 9.67. The Morgan fingerprint density at radius 1 is 1.32 bits per heavy atom. The molecule has 0 spiro atoms. The lowest BCUT2D eigenvalue weighted by Gasteiger charge is -2.29. The van der Waals surface area contributed by atoms with Gasteiger partial charge in [0.2, 0.25) is 5.91 Å². The summed E-state index contributed by atoms with van der Waals surface area (Å²) in [7, 11) is 0. The van der Waals surface area contributed by atoms with Crippen LogP contribution in [0.5, 0.6) is 0 Å². The minimum Gasteiger partial charge on any atom is -0.349 e. The molecule has 1 aromatic rings. The molecule has 0 saturated carbocycles. The summed E-state index contributed by atoms with van der Waals surface area (Å²) < 4.78 is 0. The van der Waals surface area contributed by atoms with Crippen LogP contribution < -0.4 is 10.2 Å². The quantitative estimate of drug-likeness (QED) is 0.809. The van der Waals surface area contributed by atoms with Crippen molar-refractivity contribution in [1.29, 1.82) is 0 Å². The van der Waals surface area contributed by atoms with E-state index in [-0.39, 0.29) is 17.9 Å². The number of rotatable bonds is 6. The summed E-state index contributed by atoms with van der Waals surface area (Å²) in [6, 6.07) is 7.99. The van der Waals surface area contributed by atoms with Gasteiger partial charge in [-0.15, -0.1) is 0 Å². The van der Waals surface area contributed by atoms with Crippen molar-refractivity contribution in [2.75, 3.05) is 26.2 Å². The summed E-state index contributed by atoms with van der Waals surface area (Å²) in [6.45, 7) is 7.19. The van der Waals surface area contributed by atoms with Crippen LogP contribution in [0.3, 0.4) is 0 Å². The van der Waals surface area contributed by atoms with Crippen molar-refractivity contribution in [3.8, 4) is 0 Å². The maximum Gasteiger partial charge on any atom is 0.251 e. The van der Waals surface area contributed by atoms with E-state index in [0.717, 1.165) is 44.5 Å². The average molecular weight is 344 g/mol. The zero-order valence-corrected chi connectivity index (χ0v) is 15.2. The second kappa shape index (κ2) is 8.48. The van der Waals surface area contributed by atoms with Gasteiger partial charge in [0.1, 0.15) is 0 Å². The topological polar surface area (TPSA) is 53.9 Å². The number of nitrogens with one attached hydrogen (secondary N) is 2. The van der Waals surface area contributed by atoms with Crippen LogP contribution in [-0.4, -0.2) is 48.9 Å². The summed E-state index contributed by atoms with van der Waals surface area (Å²) in [4.78, 5) is 27.9. The third-order valence-electron chi connectivity index (χ3n) is 5.37. The lowest BCUT2D eigenvalue weighted by molar-refractivity contribution is -0.905. The standard InChI is InChI=1S/C20H29N3O2/c1-2-10-22-12-8-18(9-13-22)21-20(25)17-6-3-5-16(14-17)15-23-11-4-7-19(23)24/h3,5-6,14,18H,2,4,7-13,15H2,1H3,(H,21,25)/p+1. The van der Waals surface area contributed by atoms with E-state index in [9.17, 15) is 9.59 Å². The Labute approximate surface area is 150 Å². The van der Waals surface area contributed by atoms with Gasteiger partial charge in [0.15, 0.2) is 0 Å². The van der Waals surface area contributed by atoms with Gasteiger partial charge in [-0.1, -0.05) is 19.1 Å². The van der Waals surface area contributed by atoms with Crippen LogP contribution >= 0.6 is 0 Å². The fourth-order valence-corrected chi connectivity index (χ4v) is 3.95. The van der Waals surface area contributed by atoms with E-state index in [1.165, 1.54) is 13.0 Å². The van der Waals surface area contributed by atoms with E-state index in [1.54, 1.807) is 4.90 Å². The molecule has 0 aliphatic carbocycles. The van der Waals surface area contributed by atoms with Crippen molar-refractivity contribution in [3.63, 3.8) is 0 Å². The SMILES string of the molecule is CCC[NH+]1CCC(NC(=O)c2cccc(CN3CCCC3=O)c2)CC1. The summed E-state index contributed by atoms with van der Waals surface area (Å²) in [5.41, 5.74) is 1.73. The number of likely N-dealkylation sites (tertiary alicyclic amines) is 2. The van der Waals surface area contributed by atoms with Crippen LogP contribution in [-0.2, 0) is 11.3 Å². The monoisotopic (exact) mass is 344 g/mol. The smallest absolute Gasteiger partial charge is 0.251 e. The van der Waals surface area contributed by atoms with Gasteiger partial charge in [0.05, 0.1) is 19.6 Å². The minimum absolute atomic E-state index is 0.0125. The molecule has 0 bridgehead atoms. The Morgan fingerprint density at radius 2 is 2.12 bits per heavy atom. The summed E-state index contributed by atoms with van der Waals surface area (Å²) >= 11 is 0. The van der Waals surface area contributed by atoms with Gasteiger partial charge in [-0.05, 0) is 30.5 Å². The van der Waals surface area contributed by atoms with Gasteiger partial charge in [0.25, 0.3) is 5.91 Å². The van der Waals surface area contributed by atoms with Crippen molar-refractivity contribution < 1.29 is 14.5 Å². The molecule has 5 nitrogen and oxygen atoms in total. The first-order chi connectivity index (χ1) is 12.2. The fraction of sp³-hybridized carbons (Fsp3) is 0.600. The molecule has 25 heavy (non-hydrogen) atoms. The second-order valence-corrected chi connectivity index (χ2v) is 7.37. The van der Waals surface area contributed by atoms with Crippen molar-refractivity contribution in [3.05, 3.63) is 35.4 Å². The highest BCUT2D eigenvalue weighted by Crippen LogP contribution is 2.15. The number of carbonyl (C=O) groups is 2. The highest BCUT2D eigenvalue weighted by molar-refractivity contribution is 5.94. The van der Waals surface area contributed by atoms with Crippen molar-refractivity contribution in [2.45, 2.75) is 51.6 Å². The first kappa shape index (κ1) is 17.9. The van der Waals surface area contributed by atoms with Gasteiger partial charge in [-0.2, -0.15) is 0 Å². The van der Waals surface area contributed by atoms with Gasteiger partial charge < -0.3 is 15.1 Å². The number of amides is 2. The predicted octanol–water partition coefficient (Wildman–Crippen LogP) is 0.996. The van der Waals surface area contributed by atoms with Crippen LogP contribution in [0.25, 0.3) is 0 Å². The summed E-state index contributed by atoms with van der Waals surface area (Å²) in [6.07, 6.45) is 4.93. The number of nitrogens with zero attached hydrogens (tertiary/aromatic N) is 1. The van der Waals surface area contributed by atoms with E-state index in [4.69, 9.17) is 0 Å². The molecule has 5 heteroatoms. The maximum atomic E-state index is 12.6. The summed E-state index contributed by atoms with van der Waals surface area (Å²) in [5.74, 6) is 0.231. The summed E-state index contributed by atoms with van der Waals surface area (Å²) in [5, 5.41) is 3.19. The van der Waals surface area contributed by atoms with Crippen LogP contribution in [0.2, 0.25) is 0 Å². The molecule has 3 rings (SSSR count). The normalized spacial score (nSPS) is 23.7. The number of hydrogen-bond donors (Lipinski definition) is 2. The molecule has 2 aliphatic rings. The van der Waals surface area contributed by atoms with E-state index in [2.05, 4.69) is 12.2 Å². The number of hydrogen-bond acceptors (Lipinski definition) is 2. The number of quaternary nitrogens is 1. The van der Waals surface area contributed by atoms with E-state index in [0.29, 0.717) is 18.5 Å². The second-order valence-electron chi connectivity index (χ2n) is 7.37. The molecule has 2 aliphatic heterocycles. The minimum atomic E-state index is 0.0125. The number of piperidine rings is 1. The highest BCUT2D eigenvalue weighted by Gasteiger charge is 2.24. The van der Waals surface area contributed by atoms with E-state index in [1.807, 2.05) is 29.2 Å². The molecule has 2 heterocycles. The zero-order chi connectivity index (χ0) is 17.6. The van der Waals surface area contributed by atoms with Crippen molar-refractivity contribution >= 4 is 11.8 Å². The molecule has 2 amide bonds. The van der Waals surface area contributed by atoms with Crippen LogP contribution in [0.4, 0.5) is 0 Å². The zero-order valence-electron chi connectivity index (χ0n) is 15.2. The predicted molar refractivity (Wildman–Crippen MR) is 97.4 cm³/mol. The Balaban J connectivity index is 1.54. The molecule has 2 saturated heterocycles. The Hall–Kier alpha value is -1.88. The molecule has 1 aromatic carbocycles. The Bertz CT molecular complexity index is 609. The molecule has 0 aromatic heterocycles. The van der Waals surface area contributed by atoms with Crippen molar-refractivity contribution in [2.24, 2.45) is 0 Å². The molecule has 2 N–H and O–H groups in total. The lowest BCUT2D eigenvalue weighted by atomic mass is 10.0. The molecule has 136 valence electrons. The maximum absolute atomic E-state index is 12.6. The molecular weight excluding hydrogens is 314 g/mol. The fourth-order valence-electron chi connectivity index (χ4n) is 3.95. The van der Waals surface area contributed by atoms with E-state index < -0.39 is 0 Å². The van der Waals surface area contributed by atoms with Crippen molar-refractivity contribution in [1.82, 2.24) is 10.2 Å². The van der Waals surface area contributed by atoms with Gasteiger partial charge in [-0.25, -0.2) is 0 Å². The van der Waals surface area contributed by atoms with Gasteiger partial charge >= 0.3 is 0 Å². The largest absolute Gasteiger partial charge is 0.349 e. The number of benzene rings is 1. The Kier molecular flexibility index (Phi) is 6.08. The highest BCUT2D eigenvalue weighted by atomic mass is 16.2. The average Bonchev–Trinajstić information content (AvgIpc) is 3.02. The van der Waals surface area contributed by atoms with Crippen LogP contribution in [0, 0.1) is 0 Å². The van der Waals surface area contributed by atoms with Crippen LogP contribution in [0.1, 0.15) is 54.9 Å². The molecule has 0 radical (unpaired) electrons. The molecule has 0 unspecified atom stereocenters. The molecule has 2 fully saturated rings. The van der Waals surface area contributed by atoms with Gasteiger partial charge in [-0.3, -0.25) is 9.59 Å². The Morgan fingerprint density at radius 3 is 2.80 bits per heavy atom. The van der Waals surface area contributed by atoms with Gasteiger partial charge in [0, 0.05) is 44.0 Å². The van der Waals surface area contributed by atoms with E-state index >= 15 is 0 Å². The first-order valence-electron chi connectivity index (χ1n) is 9.67. The van der Waals surface area contributed by atoms with Crippen LogP contribution in [0.15, 0.2) is 24.3 Å². The number of carbonyl (C=O) groups excluding carboxylic acids is 2. The third-order valence-corrected chi connectivity index (χ3v) is 5.37. The third kappa shape index (κ3) is 4.82. The molecule has 0 atom stereocenters.